The molecule has 3 rings (SSSR count). The highest BCUT2D eigenvalue weighted by Gasteiger charge is 2.43. The zero-order chi connectivity index (χ0) is 21.2. The summed E-state index contributed by atoms with van der Waals surface area (Å²) in [6.45, 7) is 5.16. The Morgan fingerprint density at radius 2 is 1.66 bits per heavy atom. The molecule has 6 nitrogen and oxygen atoms in total. The Morgan fingerprint density at radius 3 is 2.28 bits per heavy atom. The van der Waals surface area contributed by atoms with Crippen LogP contribution in [0.1, 0.15) is 36.5 Å². The number of sulfonamides is 1. The van der Waals surface area contributed by atoms with Gasteiger partial charge in [0.15, 0.2) is 0 Å². The zero-order valence-electron chi connectivity index (χ0n) is 16.7. The SMILES string of the molecule is CC1=C(c2ccc(C)cc2)S(=O)(=O)N(CC(=O)NC[C@@H](C)c2ccccc2)C1=O. The average molecular weight is 413 g/mol. The van der Waals surface area contributed by atoms with E-state index in [1.54, 1.807) is 24.3 Å². The van der Waals surface area contributed by atoms with E-state index in [2.05, 4.69) is 5.32 Å². The van der Waals surface area contributed by atoms with Crippen LogP contribution < -0.4 is 5.32 Å². The predicted molar refractivity (Wildman–Crippen MR) is 112 cm³/mol. The van der Waals surface area contributed by atoms with E-state index < -0.39 is 28.4 Å². The first-order valence-corrected chi connectivity index (χ1v) is 10.8. The summed E-state index contributed by atoms with van der Waals surface area (Å²) in [5.41, 5.74) is 2.62. The van der Waals surface area contributed by atoms with Crippen molar-refractivity contribution in [2.45, 2.75) is 26.7 Å². The molecular formula is C22H24N2O4S. The Balaban J connectivity index is 1.71. The molecule has 1 N–H and O–H groups in total. The van der Waals surface area contributed by atoms with Crippen molar-refractivity contribution in [2.75, 3.05) is 13.1 Å². The maximum Gasteiger partial charge on any atom is 0.268 e. The van der Waals surface area contributed by atoms with Gasteiger partial charge in [-0.3, -0.25) is 9.59 Å². The van der Waals surface area contributed by atoms with Crippen LogP contribution in [0.15, 0.2) is 60.2 Å². The summed E-state index contributed by atoms with van der Waals surface area (Å²) in [4.78, 5) is 24.9. The number of nitrogens with zero attached hydrogens (tertiary/aromatic N) is 1. The Kier molecular flexibility index (Phi) is 5.88. The molecule has 0 unspecified atom stereocenters. The molecule has 1 aliphatic rings. The molecule has 7 heteroatoms. The highest BCUT2D eigenvalue weighted by Crippen LogP contribution is 2.35. The Hall–Kier alpha value is -2.93. The molecule has 0 aliphatic carbocycles. The molecule has 0 radical (unpaired) electrons. The molecule has 0 bridgehead atoms. The van der Waals surface area contributed by atoms with Crippen molar-refractivity contribution in [1.29, 1.82) is 0 Å². The second-order valence-corrected chi connectivity index (χ2v) is 9.05. The summed E-state index contributed by atoms with van der Waals surface area (Å²) in [6, 6.07) is 16.6. The van der Waals surface area contributed by atoms with Crippen molar-refractivity contribution in [2.24, 2.45) is 0 Å². The summed E-state index contributed by atoms with van der Waals surface area (Å²) >= 11 is 0. The van der Waals surface area contributed by atoms with Gasteiger partial charge >= 0.3 is 0 Å². The van der Waals surface area contributed by atoms with Gasteiger partial charge in [-0.1, -0.05) is 67.1 Å². The van der Waals surface area contributed by atoms with Crippen LogP contribution in [-0.4, -0.2) is 37.6 Å². The first-order valence-electron chi connectivity index (χ1n) is 9.38. The molecule has 1 heterocycles. The maximum absolute atomic E-state index is 13.0. The number of aryl methyl sites for hydroxylation is 1. The molecule has 2 aromatic carbocycles. The fraction of sp³-hybridized carbons (Fsp3) is 0.273. The Morgan fingerprint density at radius 1 is 1.03 bits per heavy atom. The van der Waals surface area contributed by atoms with Crippen molar-refractivity contribution >= 4 is 26.7 Å². The fourth-order valence-electron chi connectivity index (χ4n) is 3.28. The van der Waals surface area contributed by atoms with Gasteiger partial charge in [0.05, 0.1) is 0 Å². The molecule has 0 aromatic heterocycles. The molecular weight excluding hydrogens is 388 g/mol. The van der Waals surface area contributed by atoms with Crippen LogP contribution in [0.5, 0.6) is 0 Å². The lowest BCUT2D eigenvalue weighted by Gasteiger charge is -2.18. The lowest BCUT2D eigenvalue weighted by molar-refractivity contribution is -0.128. The van der Waals surface area contributed by atoms with Crippen LogP contribution in [0.2, 0.25) is 0 Å². The summed E-state index contributed by atoms with van der Waals surface area (Å²) in [5, 5.41) is 2.73. The fourth-order valence-corrected chi connectivity index (χ4v) is 5.05. The first-order chi connectivity index (χ1) is 13.7. The summed E-state index contributed by atoms with van der Waals surface area (Å²) in [7, 11) is -4.08. The molecule has 1 atom stereocenters. The molecule has 29 heavy (non-hydrogen) atoms. The van der Waals surface area contributed by atoms with E-state index in [9.17, 15) is 18.0 Å². The van der Waals surface area contributed by atoms with E-state index in [1.165, 1.54) is 6.92 Å². The Labute approximate surface area is 171 Å². The second-order valence-electron chi connectivity index (χ2n) is 7.25. The van der Waals surface area contributed by atoms with Crippen LogP contribution in [0.4, 0.5) is 0 Å². The summed E-state index contributed by atoms with van der Waals surface area (Å²) < 4.78 is 26.6. The van der Waals surface area contributed by atoms with Crippen molar-refractivity contribution < 1.29 is 18.0 Å². The third-order valence-electron chi connectivity index (χ3n) is 5.01. The molecule has 0 fully saturated rings. The van der Waals surface area contributed by atoms with E-state index in [0.717, 1.165) is 11.1 Å². The van der Waals surface area contributed by atoms with Gasteiger partial charge in [0.25, 0.3) is 15.9 Å². The molecule has 2 aromatic rings. The minimum absolute atomic E-state index is 0.0343. The topological polar surface area (TPSA) is 83.6 Å². The van der Waals surface area contributed by atoms with Crippen molar-refractivity contribution in [3.8, 4) is 0 Å². The standard InChI is InChI=1S/C22H24N2O4S/c1-15-9-11-19(12-10-15)21-17(3)22(26)24(29(21,27)28)14-20(25)23-13-16(2)18-7-5-4-6-8-18/h4-12,16H,13-14H2,1-3H3,(H,23,25)/t16-/m1/s1. The van der Waals surface area contributed by atoms with E-state index in [-0.39, 0.29) is 16.4 Å². The number of carbonyl (C=O) groups excluding carboxylic acids is 2. The minimum Gasteiger partial charge on any atom is -0.354 e. The van der Waals surface area contributed by atoms with Gasteiger partial charge in [-0.2, -0.15) is 0 Å². The maximum atomic E-state index is 13.0. The van der Waals surface area contributed by atoms with Gasteiger partial charge in [-0.15, -0.1) is 0 Å². The van der Waals surface area contributed by atoms with Crippen LogP contribution in [0, 0.1) is 6.92 Å². The van der Waals surface area contributed by atoms with Crippen LogP contribution >= 0.6 is 0 Å². The zero-order valence-corrected chi connectivity index (χ0v) is 17.5. The normalized spacial score (nSPS) is 16.8. The summed E-state index contributed by atoms with van der Waals surface area (Å²) in [5.74, 6) is -1.11. The quantitative estimate of drug-likeness (QED) is 0.791. The molecule has 152 valence electrons. The average Bonchev–Trinajstić information content (AvgIpc) is 2.87. The third kappa shape index (κ3) is 4.24. The largest absolute Gasteiger partial charge is 0.354 e. The summed E-state index contributed by atoms with van der Waals surface area (Å²) in [6.07, 6.45) is 0. The number of rotatable bonds is 6. The highest BCUT2D eigenvalue weighted by atomic mass is 32.2. The number of hydrogen-bond acceptors (Lipinski definition) is 4. The first kappa shape index (κ1) is 20.8. The Bertz CT molecular complexity index is 1060. The number of carbonyl (C=O) groups is 2. The van der Waals surface area contributed by atoms with Crippen LogP contribution in [-0.2, 0) is 19.6 Å². The number of benzene rings is 2. The molecule has 0 saturated heterocycles. The van der Waals surface area contributed by atoms with E-state index in [0.29, 0.717) is 16.4 Å². The smallest absolute Gasteiger partial charge is 0.268 e. The minimum atomic E-state index is -4.08. The van der Waals surface area contributed by atoms with Crippen LogP contribution in [0.3, 0.4) is 0 Å². The molecule has 1 aliphatic heterocycles. The number of hydrogen-bond donors (Lipinski definition) is 1. The van der Waals surface area contributed by atoms with Gasteiger partial charge in [0.2, 0.25) is 5.91 Å². The highest BCUT2D eigenvalue weighted by molar-refractivity contribution is 7.99. The number of amides is 2. The van der Waals surface area contributed by atoms with Crippen molar-refractivity contribution in [3.05, 3.63) is 76.9 Å². The van der Waals surface area contributed by atoms with Crippen molar-refractivity contribution in [1.82, 2.24) is 9.62 Å². The van der Waals surface area contributed by atoms with Gasteiger partial charge in [0, 0.05) is 12.1 Å². The van der Waals surface area contributed by atoms with E-state index in [1.807, 2.05) is 44.2 Å². The van der Waals surface area contributed by atoms with Gasteiger partial charge < -0.3 is 5.32 Å². The lowest BCUT2D eigenvalue weighted by atomic mass is 10.0. The molecule has 0 saturated carbocycles. The van der Waals surface area contributed by atoms with Crippen molar-refractivity contribution in [3.63, 3.8) is 0 Å². The molecule has 2 amide bonds. The van der Waals surface area contributed by atoms with Gasteiger partial charge in [-0.05, 0) is 30.9 Å². The second kappa shape index (κ2) is 8.21. The van der Waals surface area contributed by atoms with E-state index in [4.69, 9.17) is 0 Å². The number of nitrogens with one attached hydrogen (secondary N) is 1. The predicted octanol–water partition coefficient (Wildman–Crippen LogP) is 2.82. The van der Waals surface area contributed by atoms with Gasteiger partial charge in [-0.25, -0.2) is 12.7 Å². The van der Waals surface area contributed by atoms with Crippen LogP contribution in [0.25, 0.3) is 4.91 Å². The molecule has 0 spiro atoms. The lowest BCUT2D eigenvalue weighted by Crippen LogP contribution is -2.41. The van der Waals surface area contributed by atoms with E-state index >= 15 is 0 Å². The van der Waals surface area contributed by atoms with Gasteiger partial charge in [0.1, 0.15) is 11.4 Å². The monoisotopic (exact) mass is 412 g/mol. The third-order valence-corrected chi connectivity index (χ3v) is 6.94.